The lowest BCUT2D eigenvalue weighted by Crippen LogP contribution is -2.46. The van der Waals surface area contributed by atoms with Gasteiger partial charge in [0.15, 0.2) is 0 Å². The van der Waals surface area contributed by atoms with Crippen LogP contribution in [0.1, 0.15) is 20.3 Å². The second-order valence-electron chi connectivity index (χ2n) is 8.32. The van der Waals surface area contributed by atoms with Crippen molar-refractivity contribution >= 4 is 23.4 Å². The molecule has 4 aliphatic carbocycles. The molecule has 1 heterocycles. The Hall–Kier alpha value is -2.63. The number of likely N-dealkylation sites (tertiary alicyclic amines) is 1. The predicted molar refractivity (Wildman–Crippen MR) is 102 cm³/mol. The Balaban J connectivity index is 1.31. The zero-order valence-corrected chi connectivity index (χ0v) is 16.0. The average Bonchev–Trinajstić information content (AvgIpc) is 3.47. The number of amides is 3. The third-order valence-corrected chi connectivity index (χ3v) is 6.90. The summed E-state index contributed by atoms with van der Waals surface area (Å²) < 4.78 is 5.40. The first-order valence-corrected chi connectivity index (χ1v) is 10.1. The Labute approximate surface area is 163 Å². The van der Waals surface area contributed by atoms with Crippen molar-refractivity contribution < 1.29 is 19.1 Å². The van der Waals surface area contributed by atoms with Gasteiger partial charge in [0.2, 0.25) is 17.7 Å². The highest BCUT2D eigenvalue weighted by Crippen LogP contribution is 2.65. The van der Waals surface area contributed by atoms with E-state index in [1.165, 1.54) is 4.90 Å². The molecule has 1 aromatic rings. The summed E-state index contributed by atoms with van der Waals surface area (Å²) in [6.07, 6.45) is 5.41. The van der Waals surface area contributed by atoms with Crippen LogP contribution in [0.3, 0.4) is 0 Å². The second kappa shape index (κ2) is 6.19. The van der Waals surface area contributed by atoms with E-state index in [1.807, 2.05) is 6.92 Å². The summed E-state index contributed by atoms with van der Waals surface area (Å²) in [6.45, 7) is 4.11. The Morgan fingerprint density at radius 3 is 2.21 bits per heavy atom. The lowest BCUT2D eigenvalue weighted by molar-refractivity contribution is -0.146. The summed E-state index contributed by atoms with van der Waals surface area (Å²) in [5.41, 5.74) is 0.611. The molecule has 6 nitrogen and oxygen atoms in total. The summed E-state index contributed by atoms with van der Waals surface area (Å²) in [5.74, 6) is 0.939. The van der Waals surface area contributed by atoms with E-state index in [2.05, 4.69) is 17.5 Å². The third-order valence-electron chi connectivity index (χ3n) is 6.90. The first-order valence-electron chi connectivity index (χ1n) is 10.1. The van der Waals surface area contributed by atoms with E-state index >= 15 is 0 Å². The fourth-order valence-electron chi connectivity index (χ4n) is 5.53. The number of rotatable bonds is 5. The van der Waals surface area contributed by atoms with E-state index < -0.39 is 6.04 Å². The summed E-state index contributed by atoms with van der Waals surface area (Å²) >= 11 is 0. The number of carbonyl (C=O) groups excluding carboxylic acids is 3. The predicted octanol–water partition coefficient (Wildman–Crippen LogP) is 2.47. The first kappa shape index (κ1) is 17.5. The van der Waals surface area contributed by atoms with Gasteiger partial charge in [0, 0.05) is 5.69 Å². The summed E-state index contributed by atoms with van der Waals surface area (Å²) in [4.78, 5) is 40.2. The molecule has 146 valence electrons. The van der Waals surface area contributed by atoms with Gasteiger partial charge in [-0.2, -0.15) is 0 Å². The number of imide groups is 1. The molecule has 6 rings (SSSR count). The Morgan fingerprint density at radius 1 is 1.11 bits per heavy atom. The number of hydrogen-bond acceptors (Lipinski definition) is 4. The zero-order chi connectivity index (χ0) is 19.6. The molecular formula is C22H24N2O4. The topological polar surface area (TPSA) is 75.7 Å². The number of benzene rings is 1. The van der Waals surface area contributed by atoms with Gasteiger partial charge in [-0.3, -0.25) is 19.3 Å². The number of allylic oxidation sites excluding steroid dienone is 2. The molecule has 0 unspecified atom stereocenters. The van der Waals surface area contributed by atoms with Crippen LogP contribution in [0.15, 0.2) is 36.4 Å². The van der Waals surface area contributed by atoms with Crippen LogP contribution < -0.4 is 10.1 Å². The lowest BCUT2D eigenvalue weighted by Gasteiger charge is -2.37. The molecule has 3 amide bonds. The SMILES string of the molecule is CCOc1ccc(NC(=O)[C@@H](C)N2C(=O)[C@@H]3[C@@H]4C=C[C@H]([C@H]5C[C@H]45)[C@@H]3C2=O)cc1. The summed E-state index contributed by atoms with van der Waals surface area (Å²) in [7, 11) is 0. The molecule has 1 aliphatic heterocycles. The van der Waals surface area contributed by atoms with E-state index in [4.69, 9.17) is 4.74 Å². The van der Waals surface area contributed by atoms with E-state index in [0.717, 1.165) is 12.2 Å². The number of carbonyl (C=O) groups is 3. The third kappa shape index (κ3) is 2.43. The van der Waals surface area contributed by atoms with Crippen LogP contribution >= 0.6 is 0 Å². The van der Waals surface area contributed by atoms with Crippen molar-refractivity contribution in [2.24, 2.45) is 35.5 Å². The maximum absolute atomic E-state index is 13.1. The van der Waals surface area contributed by atoms with Gasteiger partial charge < -0.3 is 10.1 Å². The van der Waals surface area contributed by atoms with Crippen LogP contribution in [-0.4, -0.2) is 35.3 Å². The van der Waals surface area contributed by atoms with Crippen molar-refractivity contribution in [1.82, 2.24) is 4.90 Å². The van der Waals surface area contributed by atoms with Gasteiger partial charge in [0.25, 0.3) is 0 Å². The normalized spacial score (nSPS) is 35.4. The van der Waals surface area contributed by atoms with E-state index in [9.17, 15) is 14.4 Å². The number of hydrogen-bond donors (Lipinski definition) is 1. The van der Waals surface area contributed by atoms with Crippen molar-refractivity contribution in [2.45, 2.75) is 26.3 Å². The minimum absolute atomic E-state index is 0.169. The van der Waals surface area contributed by atoms with Crippen molar-refractivity contribution in [3.63, 3.8) is 0 Å². The lowest BCUT2D eigenvalue weighted by atomic mass is 9.63. The zero-order valence-electron chi connectivity index (χ0n) is 16.0. The van der Waals surface area contributed by atoms with Gasteiger partial charge >= 0.3 is 0 Å². The quantitative estimate of drug-likeness (QED) is 0.629. The molecule has 1 N–H and O–H groups in total. The van der Waals surface area contributed by atoms with Crippen molar-refractivity contribution in [3.05, 3.63) is 36.4 Å². The molecule has 6 heteroatoms. The fourth-order valence-corrected chi connectivity index (χ4v) is 5.53. The van der Waals surface area contributed by atoms with Crippen molar-refractivity contribution in [1.29, 1.82) is 0 Å². The van der Waals surface area contributed by atoms with E-state index in [1.54, 1.807) is 31.2 Å². The van der Waals surface area contributed by atoms with E-state index in [-0.39, 0.29) is 41.4 Å². The molecule has 0 aromatic heterocycles. The molecule has 2 saturated carbocycles. The van der Waals surface area contributed by atoms with Gasteiger partial charge in [0.05, 0.1) is 18.4 Å². The number of anilines is 1. The van der Waals surface area contributed by atoms with Crippen LogP contribution in [0, 0.1) is 35.5 Å². The first-order chi connectivity index (χ1) is 13.5. The van der Waals surface area contributed by atoms with Crippen LogP contribution in [0.4, 0.5) is 5.69 Å². The minimum Gasteiger partial charge on any atom is -0.494 e. The molecule has 2 bridgehead atoms. The Kier molecular flexibility index (Phi) is 3.86. The summed E-state index contributed by atoms with van der Waals surface area (Å²) in [5, 5.41) is 2.81. The molecule has 5 aliphatic rings. The van der Waals surface area contributed by atoms with Crippen LogP contribution in [0.2, 0.25) is 0 Å². The van der Waals surface area contributed by atoms with Crippen LogP contribution in [0.5, 0.6) is 5.75 Å². The standard InChI is InChI=1S/C22H24N2O4/c1-3-28-13-6-4-12(5-7-13)23-20(25)11(2)24-21(26)18-14-8-9-15(17-10-16(14)17)19(18)22(24)27/h4-9,11,14-19H,3,10H2,1-2H3,(H,23,25)/t11-,14-,15-,16-,17-,18-,19+/m1/s1. The largest absolute Gasteiger partial charge is 0.494 e. The van der Waals surface area contributed by atoms with E-state index in [0.29, 0.717) is 24.1 Å². The fraction of sp³-hybridized carbons (Fsp3) is 0.500. The van der Waals surface area contributed by atoms with Crippen LogP contribution in [-0.2, 0) is 14.4 Å². The van der Waals surface area contributed by atoms with Gasteiger partial charge in [-0.25, -0.2) is 0 Å². The van der Waals surface area contributed by atoms with Gasteiger partial charge in [0.1, 0.15) is 11.8 Å². The molecule has 28 heavy (non-hydrogen) atoms. The van der Waals surface area contributed by atoms with Gasteiger partial charge in [-0.1, -0.05) is 12.2 Å². The number of ether oxygens (including phenoxy) is 1. The molecular weight excluding hydrogens is 356 g/mol. The molecule has 1 saturated heterocycles. The maximum Gasteiger partial charge on any atom is 0.247 e. The number of nitrogens with zero attached hydrogens (tertiary/aromatic N) is 1. The van der Waals surface area contributed by atoms with Gasteiger partial charge in [-0.05, 0) is 68.2 Å². The molecule has 0 spiro atoms. The van der Waals surface area contributed by atoms with Crippen LogP contribution in [0.25, 0.3) is 0 Å². The smallest absolute Gasteiger partial charge is 0.247 e. The average molecular weight is 380 g/mol. The Bertz CT molecular complexity index is 841. The van der Waals surface area contributed by atoms with Crippen molar-refractivity contribution in [2.75, 3.05) is 11.9 Å². The monoisotopic (exact) mass is 380 g/mol. The number of nitrogens with one attached hydrogen (secondary N) is 1. The maximum atomic E-state index is 13.1. The molecule has 0 radical (unpaired) electrons. The highest BCUT2D eigenvalue weighted by Gasteiger charge is 2.67. The summed E-state index contributed by atoms with van der Waals surface area (Å²) in [6, 6.07) is 6.23. The van der Waals surface area contributed by atoms with Crippen molar-refractivity contribution in [3.8, 4) is 5.75 Å². The second-order valence-corrected chi connectivity index (χ2v) is 8.32. The highest BCUT2D eigenvalue weighted by molar-refractivity contribution is 6.10. The van der Waals surface area contributed by atoms with Gasteiger partial charge in [-0.15, -0.1) is 0 Å². The Morgan fingerprint density at radius 2 is 1.68 bits per heavy atom. The highest BCUT2D eigenvalue weighted by atomic mass is 16.5. The molecule has 1 aromatic carbocycles. The molecule has 7 atom stereocenters. The molecule has 3 fully saturated rings. The minimum atomic E-state index is -0.826.